The Morgan fingerprint density at radius 1 is 1.29 bits per heavy atom. The maximum Gasteiger partial charge on any atom is 0.151 e. The summed E-state index contributed by atoms with van der Waals surface area (Å²) >= 11 is 0. The maximum absolute atomic E-state index is 11.3. The van der Waals surface area contributed by atoms with Crippen LogP contribution in [-0.2, 0) is 9.84 Å². The second-order valence-corrected chi connectivity index (χ2v) is 7.62. The van der Waals surface area contributed by atoms with E-state index in [4.69, 9.17) is 0 Å². The zero-order valence-electron chi connectivity index (χ0n) is 10.7. The van der Waals surface area contributed by atoms with Crippen LogP contribution in [-0.4, -0.2) is 57.0 Å². The number of likely N-dealkylation sites (N-methyl/N-ethyl adjacent to an activating group) is 1. The van der Waals surface area contributed by atoms with Crippen molar-refractivity contribution in [2.24, 2.45) is 5.92 Å². The van der Waals surface area contributed by atoms with E-state index < -0.39 is 9.84 Å². The van der Waals surface area contributed by atoms with Crippen molar-refractivity contribution in [2.75, 3.05) is 37.7 Å². The lowest BCUT2D eigenvalue weighted by Crippen LogP contribution is -2.38. The van der Waals surface area contributed by atoms with Gasteiger partial charge in [-0.1, -0.05) is 6.92 Å². The summed E-state index contributed by atoms with van der Waals surface area (Å²) in [4.78, 5) is 2.47. The molecule has 0 spiro atoms. The quantitative estimate of drug-likeness (QED) is 0.724. The molecule has 100 valence electrons. The van der Waals surface area contributed by atoms with Crippen molar-refractivity contribution in [1.82, 2.24) is 10.2 Å². The number of sulfone groups is 1. The van der Waals surface area contributed by atoms with Crippen molar-refractivity contribution in [3.63, 3.8) is 0 Å². The second kappa shape index (κ2) is 5.67. The molecule has 1 saturated heterocycles. The summed E-state index contributed by atoms with van der Waals surface area (Å²) in [6, 6.07) is 0.194. The molecule has 1 N–H and O–H groups in total. The molecule has 0 aromatic carbocycles. The van der Waals surface area contributed by atoms with E-state index in [2.05, 4.69) is 17.1 Å². The van der Waals surface area contributed by atoms with Gasteiger partial charge in [0.2, 0.25) is 0 Å². The maximum atomic E-state index is 11.3. The molecule has 2 rings (SSSR count). The summed E-state index contributed by atoms with van der Waals surface area (Å²) in [6.07, 6.45) is 3.58. The Bertz CT molecular complexity index is 338. The molecule has 0 aromatic rings. The standard InChI is InChI=1S/C12H24N2O2S/c1-2-14(9-11-3-4-11)7-6-13-12-5-8-17(15,16)10-12/h11-13H,2-10H2,1H3. The Kier molecular flexibility index (Phi) is 4.44. The predicted molar refractivity (Wildman–Crippen MR) is 69.9 cm³/mol. The van der Waals surface area contributed by atoms with Crippen molar-refractivity contribution in [2.45, 2.75) is 32.2 Å². The van der Waals surface area contributed by atoms with E-state index in [1.165, 1.54) is 19.4 Å². The van der Waals surface area contributed by atoms with E-state index in [9.17, 15) is 8.42 Å². The van der Waals surface area contributed by atoms with Crippen LogP contribution in [0.25, 0.3) is 0 Å². The highest BCUT2D eigenvalue weighted by atomic mass is 32.2. The van der Waals surface area contributed by atoms with Gasteiger partial charge in [0.1, 0.15) is 0 Å². The van der Waals surface area contributed by atoms with E-state index in [1.807, 2.05) is 0 Å². The molecule has 2 fully saturated rings. The predicted octanol–water partition coefficient (Wildman–Crippen LogP) is 0.495. The topological polar surface area (TPSA) is 49.4 Å². The molecule has 1 heterocycles. The molecule has 0 amide bonds. The Hall–Kier alpha value is -0.130. The lowest BCUT2D eigenvalue weighted by atomic mass is 10.2. The molecule has 0 radical (unpaired) electrons. The van der Waals surface area contributed by atoms with E-state index >= 15 is 0 Å². The van der Waals surface area contributed by atoms with Crippen LogP contribution in [0.1, 0.15) is 26.2 Å². The van der Waals surface area contributed by atoms with E-state index in [0.717, 1.165) is 32.0 Å². The Morgan fingerprint density at radius 2 is 2.06 bits per heavy atom. The van der Waals surface area contributed by atoms with Gasteiger partial charge in [-0.2, -0.15) is 0 Å². The molecular formula is C12H24N2O2S. The molecule has 1 saturated carbocycles. The molecule has 17 heavy (non-hydrogen) atoms. The fourth-order valence-corrected chi connectivity index (χ4v) is 4.13. The minimum atomic E-state index is -2.74. The number of rotatable bonds is 7. The first-order valence-corrected chi connectivity index (χ1v) is 8.57. The van der Waals surface area contributed by atoms with Gasteiger partial charge in [0.25, 0.3) is 0 Å². The van der Waals surface area contributed by atoms with Crippen LogP contribution in [0.3, 0.4) is 0 Å². The molecule has 1 aliphatic heterocycles. The molecule has 5 heteroatoms. The SMILES string of the molecule is CCN(CCNC1CCS(=O)(=O)C1)CC1CC1. The Morgan fingerprint density at radius 3 is 2.59 bits per heavy atom. The van der Waals surface area contributed by atoms with Gasteiger partial charge in [0.15, 0.2) is 9.84 Å². The van der Waals surface area contributed by atoms with Gasteiger partial charge in [-0.15, -0.1) is 0 Å². The fraction of sp³-hybridized carbons (Fsp3) is 1.00. The second-order valence-electron chi connectivity index (χ2n) is 5.39. The van der Waals surface area contributed by atoms with Crippen LogP contribution >= 0.6 is 0 Å². The molecular weight excluding hydrogens is 236 g/mol. The lowest BCUT2D eigenvalue weighted by Gasteiger charge is -2.21. The first-order valence-electron chi connectivity index (χ1n) is 6.75. The molecule has 2 aliphatic rings. The van der Waals surface area contributed by atoms with Gasteiger partial charge < -0.3 is 10.2 Å². The van der Waals surface area contributed by atoms with Gasteiger partial charge in [0.05, 0.1) is 11.5 Å². The highest BCUT2D eigenvalue weighted by Gasteiger charge is 2.27. The first-order chi connectivity index (χ1) is 8.09. The zero-order valence-corrected chi connectivity index (χ0v) is 11.5. The number of hydrogen-bond acceptors (Lipinski definition) is 4. The molecule has 0 aromatic heterocycles. The van der Waals surface area contributed by atoms with Crippen LogP contribution < -0.4 is 5.32 Å². The largest absolute Gasteiger partial charge is 0.312 e. The summed E-state index contributed by atoms with van der Waals surface area (Å²) in [6.45, 7) is 6.48. The fourth-order valence-electron chi connectivity index (χ4n) is 2.43. The third-order valence-electron chi connectivity index (χ3n) is 3.75. The summed E-state index contributed by atoms with van der Waals surface area (Å²) < 4.78 is 22.6. The third kappa shape index (κ3) is 4.56. The average molecular weight is 260 g/mol. The summed E-state index contributed by atoms with van der Waals surface area (Å²) in [5.74, 6) is 1.63. The van der Waals surface area contributed by atoms with Crippen molar-refractivity contribution in [3.05, 3.63) is 0 Å². The molecule has 1 aliphatic carbocycles. The minimum Gasteiger partial charge on any atom is -0.312 e. The number of nitrogens with zero attached hydrogens (tertiary/aromatic N) is 1. The average Bonchev–Trinajstić information content (AvgIpc) is 3.02. The van der Waals surface area contributed by atoms with E-state index in [1.54, 1.807) is 0 Å². The molecule has 4 nitrogen and oxygen atoms in total. The monoisotopic (exact) mass is 260 g/mol. The van der Waals surface area contributed by atoms with Crippen molar-refractivity contribution in [3.8, 4) is 0 Å². The minimum absolute atomic E-state index is 0.194. The van der Waals surface area contributed by atoms with Crippen molar-refractivity contribution >= 4 is 9.84 Å². The normalized spacial score (nSPS) is 27.8. The molecule has 1 atom stereocenters. The highest BCUT2D eigenvalue weighted by molar-refractivity contribution is 7.91. The summed E-state index contributed by atoms with van der Waals surface area (Å²) in [7, 11) is -2.74. The van der Waals surface area contributed by atoms with Gasteiger partial charge in [0, 0.05) is 25.7 Å². The van der Waals surface area contributed by atoms with Gasteiger partial charge in [-0.05, 0) is 31.7 Å². The number of nitrogens with one attached hydrogen (secondary N) is 1. The Balaban J connectivity index is 1.61. The van der Waals surface area contributed by atoms with Gasteiger partial charge in [-0.25, -0.2) is 8.42 Å². The van der Waals surface area contributed by atoms with Gasteiger partial charge in [-0.3, -0.25) is 0 Å². The highest BCUT2D eigenvalue weighted by Crippen LogP contribution is 2.29. The van der Waals surface area contributed by atoms with Crippen LogP contribution in [0.4, 0.5) is 0 Å². The zero-order chi connectivity index (χ0) is 12.3. The van der Waals surface area contributed by atoms with Gasteiger partial charge >= 0.3 is 0 Å². The Labute approximate surface area is 105 Å². The molecule has 1 unspecified atom stereocenters. The van der Waals surface area contributed by atoms with Crippen molar-refractivity contribution in [1.29, 1.82) is 0 Å². The van der Waals surface area contributed by atoms with Crippen LogP contribution in [0.5, 0.6) is 0 Å². The third-order valence-corrected chi connectivity index (χ3v) is 5.52. The van der Waals surface area contributed by atoms with Crippen molar-refractivity contribution < 1.29 is 8.42 Å². The lowest BCUT2D eigenvalue weighted by molar-refractivity contribution is 0.272. The van der Waals surface area contributed by atoms with Crippen LogP contribution in [0, 0.1) is 5.92 Å². The van der Waals surface area contributed by atoms with Crippen LogP contribution in [0.2, 0.25) is 0 Å². The summed E-state index contributed by atoms with van der Waals surface area (Å²) in [5, 5.41) is 3.37. The van der Waals surface area contributed by atoms with E-state index in [-0.39, 0.29) is 6.04 Å². The molecule has 0 bridgehead atoms. The number of hydrogen-bond donors (Lipinski definition) is 1. The smallest absolute Gasteiger partial charge is 0.151 e. The summed E-state index contributed by atoms with van der Waals surface area (Å²) in [5.41, 5.74) is 0. The first kappa shape index (κ1) is 13.3. The van der Waals surface area contributed by atoms with Crippen LogP contribution in [0.15, 0.2) is 0 Å². The van der Waals surface area contributed by atoms with E-state index in [0.29, 0.717) is 11.5 Å².